The first-order valence-corrected chi connectivity index (χ1v) is 6.23. The molecule has 0 aromatic heterocycles. The third kappa shape index (κ3) is 3.41. The maximum absolute atomic E-state index is 13.5. The number of nitro groups is 1. The molecule has 1 atom stereocenters. The van der Waals surface area contributed by atoms with Crippen LogP contribution in [0.4, 0.5) is 10.1 Å². The summed E-state index contributed by atoms with van der Waals surface area (Å²) in [6.45, 7) is 0.108. The van der Waals surface area contributed by atoms with Crippen molar-refractivity contribution in [2.75, 3.05) is 0 Å². The highest BCUT2D eigenvalue weighted by Crippen LogP contribution is 2.24. The van der Waals surface area contributed by atoms with Crippen LogP contribution in [-0.2, 0) is 6.54 Å². The summed E-state index contributed by atoms with van der Waals surface area (Å²) >= 11 is 0. The zero-order valence-electron chi connectivity index (χ0n) is 11.0. The van der Waals surface area contributed by atoms with E-state index in [-0.39, 0.29) is 23.6 Å². The number of nitrogens with one attached hydrogen (secondary N) is 1. The molecule has 5 nitrogen and oxygen atoms in total. The molecule has 21 heavy (non-hydrogen) atoms. The number of nitriles is 1. The molecule has 1 N–H and O–H groups in total. The Balaban J connectivity index is 2.20. The Bertz CT molecular complexity index is 697. The van der Waals surface area contributed by atoms with Crippen LogP contribution in [-0.4, -0.2) is 4.92 Å². The van der Waals surface area contributed by atoms with Crippen LogP contribution in [0.25, 0.3) is 0 Å². The maximum Gasteiger partial charge on any atom is 0.275 e. The SMILES string of the molecule is N#CC(NCc1ccccc1F)c1ccccc1[N+](=O)[O-]. The first-order chi connectivity index (χ1) is 10.1. The number of nitro benzene ring substituents is 1. The van der Waals surface area contributed by atoms with Crippen LogP contribution in [0, 0.1) is 27.3 Å². The number of para-hydroxylation sites is 1. The Morgan fingerprint density at radius 2 is 1.90 bits per heavy atom. The van der Waals surface area contributed by atoms with Crippen LogP contribution in [0.15, 0.2) is 48.5 Å². The van der Waals surface area contributed by atoms with Crippen LogP contribution < -0.4 is 5.32 Å². The van der Waals surface area contributed by atoms with Crippen LogP contribution in [0.1, 0.15) is 17.2 Å². The van der Waals surface area contributed by atoms with Gasteiger partial charge in [0.15, 0.2) is 0 Å². The van der Waals surface area contributed by atoms with Crippen molar-refractivity contribution in [3.8, 4) is 6.07 Å². The molecular formula is C15H12FN3O2. The normalized spacial score (nSPS) is 11.6. The zero-order valence-corrected chi connectivity index (χ0v) is 11.0. The molecule has 0 bridgehead atoms. The predicted octanol–water partition coefficient (Wildman–Crippen LogP) is 3.09. The Kier molecular flexibility index (Phi) is 4.59. The lowest BCUT2D eigenvalue weighted by molar-refractivity contribution is -0.385. The Labute approximate surface area is 120 Å². The van der Waals surface area contributed by atoms with E-state index in [2.05, 4.69) is 5.32 Å². The highest BCUT2D eigenvalue weighted by molar-refractivity contribution is 5.44. The van der Waals surface area contributed by atoms with Crippen molar-refractivity contribution >= 4 is 5.69 Å². The first kappa shape index (κ1) is 14.6. The van der Waals surface area contributed by atoms with Crippen LogP contribution in [0.2, 0.25) is 0 Å². The minimum atomic E-state index is -0.883. The average molecular weight is 285 g/mol. The minimum absolute atomic E-state index is 0.108. The van der Waals surface area contributed by atoms with Gasteiger partial charge in [0.1, 0.15) is 11.9 Å². The molecule has 0 aliphatic rings. The molecule has 0 aliphatic carbocycles. The molecule has 0 radical (unpaired) electrons. The summed E-state index contributed by atoms with van der Waals surface area (Å²) in [5, 5.41) is 23.0. The zero-order chi connectivity index (χ0) is 15.2. The van der Waals surface area contributed by atoms with Crippen molar-refractivity contribution in [3.05, 3.63) is 75.6 Å². The Hall–Kier alpha value is -2.78. The fraction of sp³-hybridized carbons (Fsp3) is 0.133. The predicted molar refractivity (Wildman–Crippen MR) is 74.7 cm³/mol. The van der Waals surface area contributed by atoms with Gasteiger partial charge in [-0.25, -0.2) is 4.39 Å². The third-order valence-corrected chi connectivity index (χ3v) is 3.03. The molecule has 106 valence electrons. The second kappa shape index (κ2) is 6.59. The number of halogens is 1. The molecule has 0 fully saturated rings. The number of nitrogens with zero attached hydrogens (tertiary/aromatic N) is 2. The summed E-state index contributed by atoms with van der Waals surface area (Å²) < 4.78 is 13.5. The lowest BCUT2D eigenvalue weighted by Gasteiger charge is -2.12. The molecule has 0 saturated carbocycles. The van der Waals surface area contributed by atoms with E-state index in [1.165, 1.54) is 24.3 Å². The number of rotatable bonds is 5. The molecule has 2 aromatic carbocycles. The van der Waals surface area contributed by atoms with Crippen molar-refractivity contribution < 1.29 is 9.31 Å². The summed E-state index contributed by atoms with van der Waals surface area (Å²) in [5.41, 5.74) is 0.530. The van der Waals surface area contributed by atoms with Crippen molar-refractivity contribution in [2.45, 2.75) is 12.6 Å². The van der Waals surface area contributed by atoms with Gasteiger partial charge in [0.25, 0.3) is 5.69 Å². The van der Waals surface area contributed by atoms with E-state index >= 15 is 0 Å². The van der Waals surface area contributed by atoms with E-state index in [1.807, 2.05) is 6.07 Å². The molecule has 0 spiro atoms. The fourth-order valence-corrected chi connectivity index (χ4v) is 1.98. The van der Waals surface area contributed by atoms with E-state index in [1.54, 1.807) is 24.3 Å². The Morgan fingerprint density at radius 1 is 1.24 bits per heavy atom. The lowest BCUT2D eigenvalue weighted by Crippen LogP contribution is -2.21. The molecule has 0 heterocycles. The van der Waals surface area contributed by atoms with Gasteiger partial charge in [-0.3, -0.25) is 15.4 Å². The second-order valence-electron chi connectivity index (χ2n) is 4.35. The Morgan fingerprint density at radius 3 is 2.57 bits per heavy atom. The summed E-state index contributed by atoms with van der Waals surface area (Å²) in [6, 6.07) is 13.3. The van der Waals surface area contributed by atoms with Gasteiger partial charge >= 0.3 is 0 Å². The smallest absolute Gasteiger partial charge is 0.275 e. The van der Waals surface area contributed by atoms with Gasteiger partial charge in [-0.15, -0.1) is 0 Å². The minimum Gasteiger partial charge on any atom is -0.294 e. The highest BCUT2D eigenvalue weighted by atomic mass is 19.1. The van der Waals surface area contributed by atoms with Gasteiger partial charge in [0.2, 0.25) is 0 Å². The number of hydrogen-bond donors (Lipinski definition) is 1. The molecule has 0 saturated heterocycles. The standard InChI is InChI=1S/C15H12FN3O2/c16-13-7-3-1-5-11(13)10-18-14(9-17)12-6-2-4-8-15(12)19(20)21/h1-8,14,18H,10H2. The van der Waals surface area contributed by atoms with Crippen molar-refractivity contribution in [1.82, 2.24) is 5.32 Å². The van der Waals surface area contributed by atoms with Crippen LogP contribution in [0.5, 0.6) is 0 Å². The molecule has 0 aliphatic heterocycles. The topological polar surface area (TPSA) is 79.0 Å². The largest absolute Gasteiger partial charge is 0.294 e. The summed E-state index contributed by atoms with van der Waals surface area (Å²) in [7, 11) is 0. The molecule has 1 unspecified atom stereocenters. The summed E-state index contributed by atoms with van der Waals surface area (Å²) in [4.78, 5) is 10.4. The van der Waals surface area contributed by atoms with Gasteiger partial charge in [-0.1, -0.05) is 30.3 Å². The lowest BCUT2D eigenvalue weighted by atomic mass is 10.1. The van der Waals surface area contributed by atoms with Gasteiger partial charge in [0.05, 0.1) is 16.6 Å². The van der Waals surface area contributed by atoms with E-state index in [9.17, 15) is 19.8 Å². The summed E-state index contributed by atoms with van der Waals surface area (Å²) in [5.74, 6) is -0.385. The number of hydrogen-bond acceptors (Lipinski definition) is 4. The van der Waals surface area contributed by atoms with Crippen molar-refractivity contribution in [1.29, 1.82) is 5.26 Å². The molecular weight excluding hydrogens is 273 g/mol. The van der Waals surface area contributed by atoms with Crippen molar-refractivity contribution in [3.63, 3.8) is 0 Å². The van der Waals surface area contributed by atoms with E-state index in [0.717, 1.165) is 0 Å². The van der Waals surface area contributed by atoms with Gasteiger partial charge in [-0.2, -0.15) is 5.26 Å². The first-order valence-electron chi connectivity index (χ1n) is 6.23. The average Bonchev–Trinajstić information content (AvgIpc) is 2.50. The van der Waals surface area contributed by atoms with E-state index in [4.69, 9.17) is 0 Å². The van der Waals surface area contributed by atoms with Gasteiger partial charge in [0, 0.05) is 18.2 Å². The number of benzene rings is 2. The molecule has 2 aromatic rings. The van der Waals surface area contributed by atoms with Crippen LogP contribution >= 0.6 is 0 Å². The van der Waals surface area contributed by atoms with Gasteiger partial charge < -0.3 is 0 Å². The van der Waals surface area contributed by atoms with E-state index < -0.39 is 11.0 Å². The monoisotopic (exact) mass is 285 g/mol. The van der Waals surface area contributed by atoms with Crippen LogP contribution in [0.3, 0.4) is 0 Å². The fourth-order valence-electron chi connectivity index (χ4n) is 1.98. The summed E-state index contributed by atoms with van der Waals surface area (Å²) in [6.07, 6.45) is 0. The molecule has 6 heteroatoms. The molecule has 0 amide bonds. The maximum atomic E-state index is 13.5. The van der Waals surface area contributed by atoms with E-state index in [0.29, 0.717) is 5.56 Å². The third-order valence-electron chi connectivity index (χ3n) is 3.03. The molecule has 2 rings (SSSR count). The van der Waals surface area contributed by atoms with Crippen molar-refractivity contribution in [2.24, 2.45) is 0 Å². The van der Waals surface area contributed by atoms with Gasteiger partial charge in [-0.05, 0) is 12.1 Å². The second-order valence-corrected chi connectivity index (χ2v) is 4.35. The highest BCUT2D eigenvalue weighted by Gasteiger charge is 2.21. The quantitative estimate of drug-likeness (QED) is 0.676.